The van der Waals surface area contributed by atoms with E-state index in [0.29, 0.717) is 0 Å². The molecule has 2 saturated heterocycles. The van der Waals surface area contributed by atoms with Crippen molar-refractivity contribution in [2.75, 3.05) is 26.4 Å². The van der Waals surface area contributed by atoms with Crippen LogP contribution in [-0.4, -0.2) is 26.4 Å². The average molecular weight is 348 g/mol. The Morgan fingerprint density at radius 2 is 0.654 bits per heavy atom. The van der Waals surface area contributed by atoms with Crippen molar-refractivity contribution in [3.63, 3.8) is 0 Å². The van der Waals surface area contributed by atoms with Gasteiger partial charge in [-0.2, -0.15) is 0 Å². The minimum absolute atomic E-state index is 0.788. The Labute approximate surface area is 155 Å². The van der Waals surface area contributed by atoms with Gasteiger partial charge < -0.3 is 9.47 Å². The number of allylic oxidation sites excluding steroid dienone is 6. The molecule has 6 bridgehead atoms. The summed E-state index contributed by atoms with van der Waals surface area (Å²) in [5, 5.41) is 0. The van der Waals surface area contributed by atoms with E-state index in [-0.39, 0.29) is 0 Å². The molecule has 136 valence electrons. The Bertz CT molecular complexity index is 637. The van der Waals surface area contributed by atoms with Gasteiger partial charge in [0.05, 0.1) is 26.4 Å². The highest BCUT2D eigenvalue weighted by Gasteiger charge is 2.68. The highest BCUT2D eigenvalue weighted by molar-refractivity contribution is 5.31. The van der Waals surface area contributed by atoms with Crippen LogP contribution in [0.1, 0.15) is 0 Å². The van der Waals surface area contributed by atoms with E-state index < -0.39 is 0 Å². The molecule has 0 aromatic heterocycles. The molecule has 11 aliphatic rings. The first-order valence-corrected chi connectivity index (χ1v) is 11.1. The Morgan fingerprint density at radius 1 is 0.385 bits per heavy atom. The van der Waals surface area contributed by atoms with Gasteiger partial charge in [-0.25, -0.2) is 0 Å². The Hall–Kier alpha value is -0.860. The van der Waals surface area contributed by atoms with Gasteiger partial charge in [-0.15, -0.1) is 0 Å². The van der Waals surface area contributed by atoms with Gasteiger partial charge in [-0.05, 0) is 82.9 Å². The summed E-state index contributed by atoms with van der Waals surface area (Å²) >= 11 is 0. The molecule has 0 spiro atoms. The maximum Gasteiger partial charge on any atom is 0.0503 e. The van der Waals surface area contributed by atoms with Crippen LogP contribution in [0.25, 0.3) is 0 Å². The van der Waals surface area contributed by atoms with E-state index in [2.05, 4.69) is 36.5 Å². The van der Waals surface area contributed by atoms with Gasteiger partial charge in [0.25, 0.3) is 0 Å². The maximum atomic E-state index is 6.01. The minimum Gasteiger partial charge on any atom is -0.381 e. The third kappa shape index (κ3) is 1.40. The first-order chi connectivity index (χ1) is 12.9. The molecule has 11 rings (SSSR count). The van der Waals surface area contributed by atoms with Gasteiger partial charge >= 0.3 is 0 Å². The van der Waals surface area contributed by atoms with Gasteiger partial charge in [0.15, 0.2) is 0 Å². The van der Waals surface area contributed by atoms with Crippen molar-refractivity contribution in [1.29, 1.82) is 0 Å². The molecular weight excluding hydrogens is 320 g/mol. The molecule has 0 amide bonds. The lowest BCUT2D eigenvalue weighted by Gasteiger charge is -2.68. The molecular formula is C24H28O2. The zero-order chi connectivity index (χ0) is 16.6. The van der Waals surface area contributed by atoms with E-state index in [1.807, 2.05) is 0 Å². The highest BCUT2D eigenvalue weighted by atomic mass is 16.5. The van der Waals surface area contributed by atoms with Gasteiger partial charge in [-0.1, -0.05) is 36.5 Å². The van der Waals surface area contributed by atoms with E-state index in [1.54, 1.807) is 0 Å². The van der Waals surface area contributed by atoms with E-state index in [4.69, 9.17) is 9.47 Å². The zero-order valence-electron chi connectivity index (χ0n) is 15.2. The number of ether oxygens (including phenoxy) is 2. The van der Waals surface area contributed by atoms with E-state index >= 15 is 0 Å². The molecule has 0 aromatic rings. The second-order valence-electron chi connectivity index (χ2n) is 10.7. The minimum atomic E-state index is 0.788. The summed E-state index contributed by atoms with van der Waals surface area (Å²) in [5.41, 5.74) is 0. The summed E-state index contributed by atoms with van der Waals surface area (Å²) < 4.78 is 12.0. The molecule has 2 heterocycles. The van der Waals surface area contributed by atoms with Crippen LogP contribution < -0.4 is 0 Å². The fraction of sp³-hybridized carbons (Fsp3) is 0.750. The van der Waals surface area contributed by atoms with Crippen LogP contribution in [0.5, 0.6) is 0 Å². The second kappa shape index (κ2) is 4.58. The summed E-state index contributed by atoms with van der Waals surface area (Å²) in [4.78, 5) is 0. The first kappa shape index (κ1) is 14.2. The normalized spacial score (nSPS) is 67.4. The Kier molecular flexibility index (Phi) is 2.50. The predicted octanol–water partition coefficient (Wildman–Crippen LogP) is 3.42. The molecule has 0 N–H and O–H groups in total. The molecule has 3 saturated carbocycles. The van der Waals surface area contributed by atoms with Crippen LogP contribution in [0.15, 0.2) is 36.5 Å². The first-order valence-electron chi connectivity index (χ1n) is 11.1. The molecule has 2 nitrogen and oxygen atoms in total. The lowest BCUT2D eigenvalue weighted by molar-refractivity contribution is -0.150. The molecule has 2 aliphatic heterocycles. The molecule has 12 unspecified atom stereocenters. The molecule has 0 radical (unpaired) electrons. The van der Waals surface area contributed by atoms with Crippen LogP contribution in [0.2, 0.25) is 0 Å². The van der Waals surface area contributed by atoms with Crippen molar-refractivity contribution in [1.82, 2.24) is 0 Å². The predicted molar refractivity (Wildman–Crippen MR) is 97.9 cm³/mol. The van der Waals surface area contributed by atoms with E-state index in [1.165, 1.54) is 0 Å². The van der Waals surface area contributed by atoms with Crippen LogP contribution in [-0.2, 0) is 9.47 Å². The van der Waals surface area contributed by atoms with Gasteiger partial charge in [0.2, 0.25) is 0 Å². The van der Waals surface area contributed by atoms with Crippen molar-refractivity contribution in [2.24, 2.45) is 82.9 Å². The fourth-order valence-electron chi connectivity index (χ4n) is 9.86. The summed E-state index contributed by atoms with van der Waals surface area (Å²) in [6.07, 6.45) is 15.9. The van der Waals surface area contributed by atoms with Gasteiger partial charge in [0, 0.05) is 0 Å². The fourth-order valence-corrected chi connectivity index (χ4v) is 9.86. The van der Waals surface area contributed by atoms with Gasteiger partial charge in [-0.3, -0.25) is 0 Å². The smallest absolute Gasteiger partial charge is 0.0503 e. The van der Waals surface area contributed by atoms with E-state index in [0.717, 1.165) is 109 Å². The summed E-state index contributed by atoms with van der Waals surface area (Å²) in [5.74, 6) is 11.6. The third-order valence-corrected chi connectivity index (χ3v) is 10.4. The monoisotopic (exact) mass is 348 g/mol. The highest BCUT2D eigenvalue weighted by Crippen LogP contribution is 2.71. The Morgan fingerprint density at radius 3 is 0.962 bits per heavy atom. The largest absolute Gasteiger partial charge is 0.381 e. The standard InChI is InChI=1S/C24H28O2/c1-2-12-18-8-25-7-17(18)11(1)21-15-5-6-16(22(12)21)24-14-4-3-13(23(15)24)19-9-26-10-20(14)19/h1-6,11-24H,7-10H2. The van der Waals surface area contributed by atoms with Crippen molar-refractivity contribution in [3.8, 4) is 0 Å². The second-order valence-corrected chi connectivity index (χ2v) is 10.7. The number of rotatable bonds is 0. The number of hydrogen-bond acceptors (Lipinski definition) is 2. The molecule has 12 atom stereocenters. The lowest BCUT2D eigenvalue weighted by atomic mass is 9.35. The van der Waals surface area contributed by atoms with Gasteiger partial charge in [0.1, 0.15) is 0 Å². The summed E-state index contributed by atoms with van der Waals surface area (Å²) in [7, 11) is 0. The van der Waals surface area contributed by atoms with E-state index in [9.17, 15) is 0 Å². The summed E-state index contributed by atoms with van der Waals surface area (Å²) in [6, 6.07) is 0. The quantitative estimate of drug-likeness (QED) is 0.625. The topological polar surface area (TPSA) is 18.5 Å². The molecule has 9 aliphatic carbocycles. The third-order valence-electron chi connectivity index (χ3n) is 10.4. The van der Waals surface area contributed by atoms with Crippen LogP contribution in [0.4, 0.5) is 0 Å². The van der Waals surface area contributed by atoms with Crippen molar-refractivity contribution < 1.29 is 9.47 Å². The lowest BCUT2D eigenvalue weighted by Crippen LogP contribution is -2.65. The molecule has 26 heavy (non-hydrogen) atoms. The van der Waals surface area contributed by atoms with Crippen molar-refractivity contribution in [3.05, 3.63) is 36.5 Å². The SMILES string of the molecule is C1=CC2C3COCC3C1C1C3C=CC(C21)C1C2C=CC(C4COCC24)C31. The van der Waals surface area contributed by atoms with Crippen LogP contribution >= 0.6 is 0 Å². The molecule has 2 heteroatoms. The molecule has 0 aromatic carbocycles. The van der Waals surface area contributed by atoms with Crippen molar-refractivity contribution >= 4 is 0 Å². The number of hydrogen-bond donors (Lipinski definition) is 0. The van der Waals surface area contributed by atoms with Crippen molar-refractivity contribution in [2.45, 2.75) is 0 Å². The summed E-state index contributed by atoms with van der Waals surface area (Å²) in [6.45, 7) is 4.11. The van der Waals surface area contributed by atoms with Crippen LogP contribution in [0, 0.1) is 82.9 Å². The molecule has 5 fully saturated rings. The Balaban J connectivity index is 1.28. The zero-order valence-corrected chi connectivity index (χ0v) is 15.2. The maximum absolute atomic E-state index is 6.01. The van der Waals surface area contributed by atoms with Crippen LogP contribution in [0.3, 0.4) is 0 Å². The average Bonchev–Trinajstić information content (AvgIpc) is 3.40.